The highest BCUT2D eigenvalue weighted by atomic mass is 32.3. The molecule has 0 spiro atoms. The molecule has 0 unspecified atom stereocenters. The maximum absolute atomic E-state index is 10.5. The molecule has 0 aliphatic carbocycles. The minimum absolute atomic E-state index is 0.220. The van der Waals surface area contributed by atoms with Crippen LogP contribution in [0.25, 0.3) is 0 Å². The Labute approximate surface area is 131 Å². The summed E-state index contributed by atoms with van der Waals surface area (Å²) in [7, 11) is -4.75. The number of aliphatic hydroxyl groups is 4. The van der Waals surface area contributed by atoms with Gasteiger partial charge in [0, 0.05) is 0 Å². The van der Waals surface area contributed by atoms with Crippen molar-refractivity contribution < 1.29 is 47.1 Å². The Kier molecular flexibility index (Phi) is 7.02. The average Bonchev–Trinajstić information content (AvgIpc) is 2.49. The predicted octanol–water partition coefficient (Wildman–Crippen LogP) is -2.93. The number of hydrogen-bond donors (Lipinski definition) is 5. The largest absolute Gasteiger partial charge is 0.397 e. The molecule has 1 aliphatic heterocycles. The number of nitrogens with zero attached hydrogens (tertiary/aromatic N) is 1. The van der Waals surface area contributed by atoms with Crippen molar-refractivity contribution in [3.63, 3.8) is 0 Å². The Morgan fingerprint density at radius 1 is 1.30 bits per heavy atom. The molecular formula is C11H17NO10S. The lowest BCUT2D eigenvalue weighted by Crippen LogP contribution is -2.59. The fourth-order valence-corrected chi connectivity index (χ4v) is 2.06. The third-order valence-electron chi connectivity index (χ3n) is 3.00. The summed E-state index contributed by atoms with van der Waals surface area (Å²) in [6, 6.07) is 1.59. The van der Waals surface area contributed by atoms with Crippen LogP contribution in [0.1, 0.15) is 0 Å². The first-order valence-corrected chi connectivity index (χ1v) is 7.62. The average molecular weight is 355 g/mol. The van der Waals surface area contributed by atoms with E-state index in [0.717, 1.165) is 0 Å². The Bertz CT molecular complexity index is 556. The highest BCUT2D eigenvalue weighted by molar-refractivity contribution is 7.80. The highest BCUT2D eigenvalue weighted by Crippen LogP contribution is 2.24. The van der Waals surface area contributed by atoms with Gasteiger partial charge < -0.3 is 29.9 Å². The molecule has 6 atom stereocenters. The second-order valence-corrected chi connectivity index (χ2v) is 5.78. The van der Waals surface area contributed by atoms with Crippen LogP contribution in [-0.4, -0.2) is 83.4 Å². The van der Waals surface area contributed by atoms with Crippen molar-refractivity contribution in [1.29, 1.82) is 5.26 Å². The van der Waals surface area contributed by atoms with E-state index in [1.54, 1.807) is 6.07 Å². The summed E-state index contributed by atoms with van der Waals surface area (Å²) in [5, 5.41) is 47.0. The van der Waals surface area contributed by atoms with Gasteiger partial charge >= 0.3 is 10.4 Å². The summed E-state index contributed by atoms with van der Waals surface area (Å²) in [4.78, 5) is 0. The van der Waals surface area contributed by atoms with Crippen molar-refractivity contribution >= 4 is 10.4 Å². The van der Waals surface area contributed by atoms with Crippen molar-refractivity contribution in [3.05, 3.63) is 12.2 Å². The number of ether oxygens (including phenoxy) is 2. The van der Waals surface area contributed by atoms with Gasteiger partial charge in [-0.05, 0) is 5.57 Å². The van der Waals surface area contributed by atoms with Crippen molar-refractivity contribution in [1.82, 2.24) is 0 Å². The minimum atomic E-state index is -4.75. The molecular weight excluding hydrogens is 338 g/mol. The van der Waals surface area contributed by atoms with Crippen LogP contribution in [0.3, 0.4) is 0 Å². The van der Waals surface area contributed by atoms with E-state index in [-0.39, 0.29) is 5.57 Å². The summed E-state index contributed by atoms with van der Waals surface area (Å²) in [5.74, 6) is 0. The normalized spacial score (nSPS) is 33.0. The molecule has 1 rings (SSSR count). The molecule has 1 heterocycles. The lowest BCUT2D eigenvalue weighted by molar-refractivity contribution is -0.304. The van der Waals surface area contributed by atoms with Gasteiger partial charge in [-0.15, -0.1) is 0 Å². The van der Waals surface area contributed by atoms with E-state index < -0.39 is 60.4 Å². The Morgan fingerprint density at radius 2 is 1.91 bits per heavy atom. The van der Waals surface area contributed by atoms with Gasteiger partial charge in [-0.1, -0.05) is 6.58 Å². The van der Waals surface area contributed by atoms with E-state index in [4.69, 9.17) is 24.4 Å². The summed E-state index contributed by atoms with van der Waals surface area (Å²) < 4.78 is 43.5. The van der Waals surface area contributed by atoms with Gasteiger partial charge in [-0.3, -0.25) is 4.55 Å². The van der Waals surface area contributed by atoms with Crippen LogP contribution in [-0.2, 0) is 24.1 Å². The second kappa shape index (κ2) is 8.11. The fourth-order valence-electron chi connectivity index (χ4n) is 1.76. The fraction of sp³-hybridized carbons (Fsp3) is 0.727. The first-order valence-electron chi connectivity index (χ1n) is 6.25. The summed E-state index contributed by atoms with van der Waals surface area (Å²) >= 11 is 0. The summed E-state index contributed by atoms with van der Waals surface area (Å²) in [6.45, 7) is 1.89. The number of nitriles is 1. The van der Waals surface area contributed by atoms with Gasteiger partial charge in [0.2, 0.25) is 0 Å². The van der Waals surface area contributed by atoms with Gasteiger partial charge in [-0.2, -0.15) is 13.7 Å². The molecule has 0 aromatic carbocycles. The topological polar surface area (TPSA) is 187 Å². The van der Waals surface area contributed by atoms with Crippen molar-refractivity contribution in [2.45, 2.75) is 36.8 Å². The van der Waals surface area contributed by atoms with Crippen molar-refractivity contribution in [2.24, 2.45) is 0 Å². The molecule has 0 aromatic heterocycles. The van der Waals surface area contributed by atoms with Crippen LogP contribution < -0.4 is 0 Å². The summed E-state index contributed by atoms with van der Waals surface area (Å²) in [6.07, 6.45) is -9.39. The molecule has 1 aliphatic rings. The predicted molar refractivity (Wildman–Crippen MR) is 70.9 cm³/mol. The standard InChI is InChI=1S/C11H17NO10S/c1-5(4-20-23(17,18)19)6(2-12)21-11-10(16)9(15)8(14)7(3-13)22-11/h6-11,13-16H,1,3-4H2,(H,17,18,19)/t6-,7-,8-,9+,10-,11-/m0/s1. The first-order chi connectivity index (χ1) is 10.6. The van der Waals surface area contributed by atoms with Gasteiger partial charge in [0.1, 0.15) is 24.4 Å². The molecule has 0 bridgehead atoms. The number of aliphatic hydroxyl groups excluding tert-OH is 4. The smallest absolute Gasteiger partial charge is 0.394 e. The molecule has 12 heteroatoms. The molecule has 0 saturated carbocycles. The van der Waals surface area contributed by atoms with Gasteiger partial charge in [0.05, 0.1) is 19.3 Å². The van der Waals surface area contributed by atoms with Crippen molar-refractivity contribution in [2.75, 3.05) is 13.2 Å². The zero-order valence-electron chi connectivity index (χ0n) is 11.7. The van der Waals surface area contributed by atoms with Crippen molar-refractivity contribution in [3.8, 4) is 6.07 Å². The van der Waals surface area contributed by atoms with E-state index >= 15 is 0 Å². The Morgan fingerprint density at radius 3 is 2.39 bits per heavy atom. The molecule has 0 radical (unpaired) electrons. The maximum atomic E-state index is 10.5. The van der Waals surface area contributed by atoms with Gasteiger partial charge in [-0.25, -0.2) is 4.18 Å². The first kappa shape index (κ1) is 19.9. The minimum Gasteiger partial charge on any atom is -0.394 e. The van der Waals surface area contributed by atoms with Gasteiger partial charge in [0.15, 0.2) is 12.4 Å². The van der Waals surface area contributed by atoms with E-state index in [9.17, 15) is 23.7 Å². The number of rotatable bonds is 7. The van der Waals surface area contributed by atoms with E-state index in [1.807, 2.05) is 0 Å². The second-order valence-electron chi connectivity index (χ2n) is 4.69. The lowest BCUT2D eigenvalue weighted by atomic mass is 9.99. The molecule has 5 N–H and O–H groups in total. The molecule has 23 heavy (non-hydrogen) atoms. The number of hydrogen-bond acceptors (Lipinski definition) is 10. The molecule has 132 valence electrons. The zero-order chi connectivity index (χ0) is 17.8. The zero-order valence-corrected chi connectivity index (χ0v) is 12.5. The van der Waals surface area contributed by atoms with E-state index in [1.165, 1.54) is 0 Å². The molecule has 11 nitrogen and oxygen atoms in total. The highest BCUT2D eigenvalue weighted by Gasteiger charge is 2.45. The van der Waals surface area contributed by atoms with Crippen LogP contribution in [0.2, 0.25) is 0 Å². The van der Waals surface area contributed by atoms with E-state index in [0.29, 0.717) is 0 Å². The molecule has 1 saturated heterocycles. The Balaban J connectivity index is 2.74. The monoisotopic (exact) mass is 355 g/mol. The van der Waals surface area contributed by atoms with Crippen LogP contribution >= 0.6 is 0 Å². The molecule has 0 aromatic rings. The summed E-state index contributed by atoms with van der Waals surface area (Å²) in [5.41, 5.74) is -0.220. The molecule has 1 fully saturated rings. The third-order valence-corrected chi connectivity index (χ3v) is 3.42. The van der Waals surface area contributed by atoms with Crippen LogP contribution in [0, 0.1) is 11.3 Å². The SMILES string of the molecule is C=C(COS(=O)(=O)O)[C@H](C#N)O[C@H]1O[C@@H](CO)[C@H](O)[C@@H](O)[C@@H]1O. The van der Waals surface area contributed by atoms with Crippen LogP contribution in [0.5, 0.6) is 0 Å². The third kappa shape index (κ3) is 5.46. The van der Waals surface area contributed by atoms with Crippen LogP contribution in [0.15, 0.2) is 12.2 Å². The van der Waals surface area contributed by atoms with Gasteiger partial charge in [0.25, 0.3) is 0 Å². The quantitative estimate of drug-likeness (QED) is 0.232. The Hall–Kier alpha value is -1.14. The molecule has 0 amide bonds. The van der Waals surface area contributed by atoms with E-state index in [2.05, 4.69) is 10.8 Å². The maximum Gasteiger partial charge on any atom is 0.397 e. The van der Waals surface area contributed by atoms with Crippen LogP contribution in [0.4, 0.5) is 0 Å². The lowest BCUT2D eigenvalue weighted by Gasteiger charge is -2.40.